The fraction of sp³-hybridized carbons (Fsp3) is 0.462. The van der Waals surface area contributed by atoms with E-state index in [1.165, 1.54) is 7.05 Å². The minimum atomic E-state index is -3.94. The zero-order valence-corrected chi connectivity index (χ0v) is 13.0. The van der Waals surface area contributed by atoms with Crippen LogP contribution in [0.25, 0.3) is 0 Å². The number of benzene rings is 1. The molecule has 1 atom stereocenters. The normalized spacial score (nSPS) is 20.2. The number of piperidine rings is 1. The molecule has 0 radical (unpaired) electrons. The standard InChI is InChI=1S/C13H16ClFN2O3S/c1-16-13(18)11-4-2-3-7-17(11)21(19,20)12-6-5-9(15)8-10(12)14/h5-6,8,11H,2-4,7H2,1H3,(H,16,18)/t11-/m1/s1. The second-order valence-corrected chi connectivity index (χ2v) is 7.08. The number of carbonyl (C=O) groups excluding carboxylic acids is 1. The number of likely N-dealkylation sites (N-methyl/N-ethyl adjacent to an activating group) is 1. The van der Waals surface area contributed by atoms with Gasteiger partial charge >= 0.3 is 0 Å². The molecule has 0 saturated carbocycles. The molecule has 0 aliphatic carbocycles. The van der Waals surface area contributed by atoms with Crippen LogP contribution >= 0.6 is 11.6 Å². The number of nitrogens with zero attached hydrogens (tertiary/aromatic N) is 1. The summed E-state index contributed by atoms with van der Waals surface area (Å²) >= 11 is 5.85. The van der Waals surface area contributed by atoms with Gasteiger partial charge in [0.25, 0.3) is 0 Å². The summed E-state index contributed by atoms with van der Waals surface area (Å²) < 4.78 is 39.6. The molecule has 1 fully saturated rings. The van der Waals surface area contributed by atoms with Crippen LogP contribution in [-0.2, 0) is 14.8 Å². The first kappa shape index (κ1) is 16.2. The second kappa shape index (κ2) is 6.29. The van der Waals surface area contributed by atoms with Crippen molar-refractivity contribution in [1.29, 1.82) is 0 Å². The van der Waals surface area contributed by atoms with Gasteiger partial charge < -0.3 is 5.32 Å². The molecule has 1 amide bonds. The zero-order chi connectivity index (χ0) is 15.6. The summed E-state index contributed by atoms with van der Waals surface area (Å²) in [5.74, 6) is -0.961. The number of hydrogen-bond donors (Lipinski definition) is 1. The van der Waals surface area contributed by atoms with Gasteiger partial charge in [-0.3, -0.25) is 4.79 Å². The first-order valence-electron chi connectivity index (χ1n) is 6.56. The van der Waals surface area contributed by atoms with E-state index in [0.717, 1.165) is 28.9 Å². The lowest BCUT2D eigenvalue weighted by atomic mass is 10.0. The van der Waals surface area contributed by atoms with E-state index >= 15 is 0 Å². The lowest BCUT2D eigenvalue weighted by Crippen LogP contribution is -2.51. The smallest absolute Gasteiger partial charge is 0.245 e. The van der Waals surface area contributed by atoms with E-state index in [2.05, 4.69) is 5.32 Å². The van der Waals surface area contributed by atoms with Gasteiger partial charge in [0, 0.05) is 13.6 Å². The molecule has 1 aromatic carbocycles. The van der Waals surface area contributed by atoms with Crippen molar-refractivity contribution < 1.29 is 17.6 Å². The van der Waals surface area contributed by atoms with Crippen LogP contribution in [0.3, 0.4) is 0 Å². The Balaban J connectivity index is 2.43. The number of nitrogens with one attached hydrogen (secondary N) is 1. The van der Waals surface area contributed by atoms with Crippen molar-refractivity contribution in [3.8, 4) is 0 Å². The summed E-state index contributed by atoms with van der Waals surface area (Å²) in [5, 5.41) is 2.29. The lowest BCUT2D eigenvalue weighted by molar-refractivity contribution is -0.125. The van der Waals surface area contributed by atoms with Crippen molar-refractivity contribution in [2.45, 2.75) is 30.2 Å². The molecular formula is C13H16ClFN2O3S. The number of rotatable bonds is 3. The van der Waals surface area contributed by atoms with Gasteiger partial charge in [0.1, 0.15) is 16.8 Å². The summed E-state index contributed by atoms with van der Waals surface area (Å²) in [5.41, 5.74) is 0. The third kappa shape index (κ3) is 3.20. The molecule has 0 spiro atoms. The first-order valence-corrected chi connectivity index (χ1v) is 8.38. The van der Waals surface area contributed by atoms with Gasteiger partial charge in [-0.25, -0.2) is 12.8 Å². The molecule has 1 heterocycles. The summed E-state index contributed by atoms with van der Waals surface area (Å²) in [4.78, 5) is 11.7. The Morgan fingerprint density at radius 2 is 2.14 bits per heavy atom. The van der Waals surface area contributed by atoms with E-state index in [-0.39, 0.29) is 22.4 Å². The molecule has 1 N–H and O–H groups in total. The molecule has 1 saturated heterocycles. The van der Waals surface area contributed by atoms with E-state index in [4.69, 9.17) is 11.6 Å². The van der Waals surface area contributed by atoms with E-state index in [1.54, 1.807) is 0 Å². The van der Waals surface area contributed by atoms with Gasteiger partial charge in [0.15, 0.2) is 0 Å². The molecule has 1 aromatic rings. The molecule has 1 aliphatic rings. The van der Waals surface area contributed by atoms with E-state index in [9.17, 15) is 17.6 Å². The van der Waals surface area contributed by atoms with E-state index < -0.39 is 21.9 Å². The number of amides is 1. The Bertz CT molecular complexity index is 651. The van der Waals surface area contributed by atoms with Crippen molar-refractivity contribution in [2.75, 3.05) is 13.6 Å². The van der Waals surface area contributed by atoms with Crippen LogP contribution in [0, 0.1) is 5.82 Å². The fourth-order valence-corrected chi connectivity index (χ4v) is 4.60. The number of sulfonamides is 1. The molecule has 1 aliphatic heterocycles. The molecule has 21 heavy (non-hydrogen) atoms. The lowest BCUT2D eigenvalue weighted by Gasteiger charge is -2.33. The number of hydrogen-bond acceptors (Lipinski definition) is 3. The summed E-state index contributed by atoms with van der Waals surface area (Å²) in [6.07, 6.45) is 1.91. The third-order valence-corrected chi connectivity index (χ3v) is 5.87. The highest BCUT2D eigenvalue weighted by Gasteiger charge is 2.38. The van der Waals surface area contributed by atoms with Crippen molar-refractivity contribution in [2.24, 2.45) is 0 Å². The van der Waals surface area contributed by atoms with Crippen molar-refractivity contribution in [3.63, 3.8) is 0 Å². The maximum atomic E-state index is 13.1. The minimum Gasteiger partial charge on any atom is -0.358 e. The molecule has 2 rings (SSSR count). The predicted molar refractivity (Wildman–Crippen MR) is 77.0 cm³/mol. The third-order valence-electron chi connectivity index (χ3n) is 3.48. The molecule has 0 aromatic heterocycles. The highest BCUT2D eigenvalue weighted by molar-refractivity contribution is 7.89. The van der Waals surface area contributed by atoms with E-state index in [0.29, 0.717) is 12.8 Å². The van der Waals surface area contributed by atoms with Gasteiger partial charge in [0.05, 0.1) is 5.02 Å². The van der Waals surface area contributed by atoms with Crippen LogP contribution in [0.15, 0.2) is 23.1 Å². The Morgan fingerprint density at radius 1 is 1.43 bits per heavy atom. The Hall–Kier alpha value is -1.18. The molecule has 116 valence electrons. The Morgan fingerprint density at radius 3 is 2.76 bits per heavy atom. The number of carbonyl (C=O) groups is 1. The van der Waals surface area contributed by atoms with Crippen molar-refractivity contribution >= 4 is 27.5 Å². The highest BCUT2D eigenvalue weighted by Crippen LogP contribution is 2.30. The van der Waals surface area contributed by atoms with Gasteiger partial charge in [0.2, 0.25) is 15.9 Å². The fourth-order valence-electron chi connectivity index (χ4n) is 2.43. The largest absolute Gasteiger partial charge is 0.358 e. The van der Waals surface area contributed by atoms with Gasteiger partial charge in [-0.05, 0) is 31.0 Å². The molecular weight excluding hydrogens is 319 g/mol. The monoisotopic (exact) mass is 334 g/mol. The molecule has 8 heteroatoms. The first-order chi connectivity index (χ1) is 9.87. The zero-order valence-electron chi connectivity index (χ0n) is 11.5. The summed E-state index contributed by atoms with van der Waals surface area (Å²) in [7, 11) is -2.47. The average Bonchev–Trinajstić information content (AvgIpc) is 2.46. The van der Waals surface area contributed by atoms with Crippen LogP contribution in [0.1, 0.15) is 19.3 Å². The highest BCUT2D eigenvalue weighted by atomic mass is 35.5. The predicted octanol–water partition coefficient (Wildman–Crippen LogP) is 1.77. The van der Waals surface area contributed by atoms with Crippen LogP contribution in [0.5, 0.6) is 0 Å². The summed E-state index contributed by atoms with van der Waals surface area (Å²) in [6, 6.07) is 2.36. The molecule has 5 nitrogen and oxygen atoms in total. The van der Waals surface area contributed by atoms with Gasteiger partial charge in [-0.1, -0.05) is 18.0 Å². The van der Waals surface area contributed by atoms with Crippen LogP contribution < -0.4 is 5.32 Å². The quantitative estimate of drug-likeness (QED) is 0.916. The maximum Gasteiger partial charge on any atom is 0.245 e. The Labute approximate surface area is 128 Å². The van der Waals surface area contributed by atoms with Crippen LogP contribution in [0.4, 0.5) is 4.39 Å². The molecule has 0 unspecified atom stereocenters. The van der Waals surface area contributed by atoms with Crippen LogP contribution in [-0.4, -0.2) is 38.3 Å². The van der Waals surface area contributed by atoms with Crippen molar-refractivity contribution in [3.05, 3.63) is 29.0 Å². The molecule has 0 bridgehead atoms. The summed E-state index contributed by atoms with van der Waals surface area (Å²) in [6.45, 7) is 0.244. The van der Waals surface area contributed by atoms with Gasteiger partial charge in [-0.2, -0.15) is 4.31 Å². The topological polar surface area (TPSA) is 66.5 Å². The maximum absolute atomic E-state index is 13.1. The van der Waals surface area contributed by atoms with Gasteiger partial charge in [-0.15, -0.1) is 0 Å². The second-order valence-electron chi connectivity index (χ2n) is 4.82. The van der Waals surface area contributed by atoms with E-state index in [1.807, 2.05) is 0 Å². The SMILES string of the molecule is CNC(=O)[C@H]1CCCCN1S(=O)(=O)c1ccc(F)cc1Cl. The van der Waals surface area contributed by atoms with Crippen molar-refractivity contribution in [1.82, 2.24) is 9.62 Å². The minimum absolute atomic E-state index is 0.179. The number of halogens is 2. The Kier molecular flexibility index (Phi) is 4.85. The van der Waals surface area contributed by atoms with Crippen LogP contribution in [0.2, 0.25) is 5.02 Å². The average molecular weight is 335 g/mol.